The minimum Gasteiger partial charge on any atom is -0.399 e. The van der Waals surface area contributed by atoms with Crippen LogP contribution in [0.5, 0.6) is 0 Å². The lowest BCUT2D eigenvalue weighted by Gasteiger charge is -2.11. The van der Waals surface area contributed by atoms with Crippen molar-refractivity contribution >= 4 is 43.4 Å². The Morgan fingerprint density at radius 1 is 0.815 bits per heavy atom. The van der Waals surface area contributed by atoms with Crippen molar-refractivity contribution in [1.82, 2.24) is 9.13 Å². The highest BCUT2D eigenvalue weighted by molar-refractivity contribution is 9.10. The van der Waals surface area contributed by atoms with E-state index in [1.807, 2.05) is 12.1 Å². The molecule has 0 radical (unpaired) electrons. The smallest absolute Gasteiger partial charge is 0.0625 e. The molecule has 132 valence electrons. The Labute approximate surface area is 165 Å². The minimum atomic E-state index is 0.777. The first-order chi connectivity index (χ1) is 13.1. The van der Waals surface area contributed by atoms with Gasteiger partial charge in [0.05, 0.1) is 11.0 Å². The molecule has 27 heavy (non-hydrogen) atoms. The molecular formula is C23H18BrN3. The van der Waals surface area contributed by atoms with E-state index in [1.54, 1.807) is 0 Å². The topological polar surface area (TPSA) is 35.9 Å². The van der Waals surface area contributed by atoms with Gasteiger partial charge in [0.25, 0.3) is 0 Å². The molecule has 4 heteroatoms. The number of nitrogen functional groups attached to an aromatic ring is 1. The van der Waals surface area contributed by atoms with Crippen LogP contribution in [0.3, 0.4) is 0 Å². The number of nitrogens with two attached hydrogens (primary N) is 1. The summed E-state index contributed by atoms with van der Waals surface area (Å²) < 4.78 is 5.62. The van der Waals surface area contributed by atoms with Crippen molar-refractivity contribution in [3.63, 3.8) is 0 Å². The molecule has 0 amide bonds. The Morgan fingerprint density at radius 2 is 1.52 bits per heavy atom. The molecule has 0 aliphatic heterocycles. The van der Waals surface area contributed by atoms with Crippen molar-refractivity contribution in [2.75, 3.05) is 5.73 Å². The number of nitrogens with zero attached hydrogens (tertiary/aromatic N) is 2. The number of aromatic nitrogens is 2. The summed E-state index contributed by atoms with van der Waals surface area (Å²) in [5, 5.41) is 2.48. The zero-order valence-corrected chi connectivity index (χ0v) is 16.4. The zero-order valence-electron chi connectivity index (χ0n) is 14.9. The van der Waals surface area contributed by atoms with Crippen molar-refractivity contribution in [3.8, 4) is 11.4 Å². The van der Waals surface area contributed by atoms with Gasteiger partial charge in [-0.25, -0.2) is 0 Å². The standard InChI is InChI=1S/C23H18BrN3/c1-15-14-16-2-11-22-21(12-13-26(22)19-7-3-17(24)4-8-19)23(16)27(15)20-9-5-18(25)6-10-20/h2-14H,25H2,1H3. The van der Waals surface area contributed by atoms with Crippen LogP contribution in [0.4, 0.5) is 5.69 Å². The first-order valence-corrected chi connectivity index (χ1v) is 9.65. The molecule has 0 spiro atoms. The van der Waals surface area contributed by atoms with Crippen LogP contribution in [0.25, 0.3) is 33.2 Å². The predicted octanol–water partition coefficient (Wildman–Crippen LogP) is 6.23. The lowest BCUT2D eigenvalue weighted by atomic mass is 10.1. The van der Waals surface area contributed by atoms with Crippen LogP contribution in [0, 0.1) is 6.92 Å². The molecule has 3 aromatic carbocycles. The first-order valence-electron chi connectivity index (χ1n) is 8.86. The maximum atomic E-state index is 5.88. The van der Waals surface area contributed by atoms with Gasteiger partial charge in [-0.2, -0.15) is 0 Å². The van der Waals surface area contributed by atoms with Crippen LogP contribution in [-0.4, -0.2) is 9.13 Å². The van der Waals surface area contributed by atoms with Gasteiger partial charge in [0.15, 0.2) is 0 Å². The Balaban J connectivity index is 1.80. The summed E-state index contributed by atoms with van der Waals surface area (Å²) in [5.74, 6) is 0. The predicted molar refractivity (Wildman–Crippen MR) is 117 cm³/mol. The number of fused-ring (bicyclic) bond motifs is 3. The molecule has 0 unspecified atom stereocenters. The Hall–Kier alpha value is -2.98. The van der Waals surface area contributed by atoms with E-state index in [4.69, 9.17) is 5.73 Å². The summed E-state index contributed by atoms with van der Waals surface area (Å²) in [6.45, 7) is 2.15. The number of aryl methyl sites for hydroxylation is 1. The molecule has 3 nitrogen and oxygen atoms in total. The van der Waals surface area contributed by atoms with Crippen molar-refractivity contribution < 1.29 is 0 Å². The SMILES string of the molecule is Cc1cc2ccc3c(ccn3-c3ccc(Br)cc3)c2n1-c1ccc(N)cc1. The zero-order chi connectivity index (χ0) is 18.5. The van der Waals surface area contributed by atoms with Crippen LogP contribution in [0.1, 0.15) is 5.69 Å². The number of rotatable bonds is 2. The van der Waals surface area contributed by atoms with Gasteiger partial charge in [-0.3, -0.25) is 0 Å². The molecule has 5 aromatic rings. The second-order valence-electron chi connectivity index (χ2n) is 6.81. The van der Waals surface area contributed by atoms with Crippen LogP contribution in [0.15, 0.2) is 83.5 Å². The van der Waals surface area contributed by atoms with Gasteiger partial charge in [-0.15, -0.1) is 0 Å². The molecule has 2 heterocycles. The average Bonchev–Trinajstić information content (AvgIpc) is 3.23. The summed E-state index contributed by atoms with van der Waals surface area (Å²) in [6.07, 6.45) is 2.14. The Morgan fingerprint density at radius 3 is 2.26 bits per heavy atom. The molecule has 5 rings (SSSR count). The van der Waals surface area contributed by atoms with Gasteiger partial charge in [0.1, 0.15) is 0 Å². The second kappa shape index (κ2) is 6.03. The van der Waals surface area contributed by atoms with Crippen LogP contribution >= 0.6 is 15.9 Å². The summed E-state index contributed by atoms with van der Waals surface area (Å²) in [6, 6.07) is 25.3. The van der Waals surface area contributed by atoms with Crippen molar-refractivity contribution in [1.29, 1.82) is 0 Å². The molecular weight excluding hydrogens is 398 g/mol. The lowest BCUT2D eigenvalue weighted by Crippen LogP contribution is -1.97. The fourth-order valence-electron chi connectivity index (χ4n) is 3.83. The molecule has 0 fully saturated rings. The van der Waals surface area contributed by atoms with Crippen LogP contribution in [0.2, 0.25) is 0 Å². The fraction of sp³-hybridized carbons (Fsp3) is 0.0435. The summed E-state index contributed by atoms with van der Waals surface area (Å²) in [5.41, 5.74) is 12.6. The maximum Gasteiger partial charge on any atom is 0.0625 e. The summed E-state index contributed by atoms with van der Waals surface area (Å²) in [7, 11) is 0. The third-order valence-corrected chi connectivity index (χ3v) is 5.60. The largest absolute Gasteiger partial charge is 0.399 e. The highest BCUT2D eigenvalue weighted by atomic mass is 79.9. The van der Waals surface area contributed by atoms with E-state index >= 15 is 0 Å². The van der Waals surface area contributed by atoms with E-state index in [0.717, 1.165) is 21.5 Å². The van der Waals surface area contributed by atoms with Crippen molar-refractivity contribution in [2.45, 2.75) is 6.92 Å². The van der Waals surface area contributed by atoms with E-state index in [9.17, 15) is 0 Å². The fourth-order valence-corrected chi connectivity index (χ4v) is 4.10. The van der Waals surface area contributed by atoms with E-state index in [-0.39, 0.29) is 0 Å². The quantitative estimate of drug-likeness (QED) is 0.341. The van der Waals surface area contributed by atoms with Gasteiger partial charge in [0, 0.05) is 44.2 Å². The Bertz CT molecular complexity index is 1280. The lowest BCUT2D eigenvalue weighted by molar-refractivity contribution is 1.06. The van der Waals surface area contributed by atoms with Crippen LogP contribution in [-0.2, 0) is 0 Å². The van der Waals surface area contributed by atoms with E-state index in [1.165, 1.54) is 27.5 Å². The third kappa shape index (κ3) is 2.56. The van der Waals surface area contributed by atoms with E-state index < -0.39 is 0 Å². The molecule has 0 saturated heterocycles. The van der Waals surface area contributed by atoms with Gasteiger partial charge in [0.2, 0.25) is 0 Å². The summed E-state index contributed by atoms with van der Waals surface area (Å²) >= 11 is 3.51. The Kier molecular flexibility index (Phi) is 3.62. The number of halogens is 1. The second-order valence-corrected chi connectivity index (χ2v) is 7.73. The highest BCUT2D eigenvalue weighted by Crippen LogP contribution is 2.33. The number of hydrogen-bond acceptors (Lipinski definition) is 1. The van der Waals surface area contributed by atoms with Crippen molar-refractivity contribution in [3.05, 3.63) is 89.2 Å². The average molecular weight is 416 g/mol. The van der Waals surface area contributed by atoms with E-state index in [0.29, 0.717) is 0 Å². The molecule has 0 atom stereocenters. The van der Waals surface area contributed by atoms with Crippen molar-refractivity contribution in [2.24, 2.45) is 0 Å². The van der Waals surface area contributed by atoms with E-state index in [2.05, 4.69) is 98.8 Å². The summed E-state index contributed by atoms with van der Waals surface area (Å²) in [4.78, 5) is 0. The molecule has 0 aliphatic rings. The van der Waals surface area contributed by atoms with Crippen LogP contribution < -0.4 is 5.73 Å². The molecule has 2 aromatic heterocycles. The van der Waals surface area contributed by atoms with Gasteiger partial charge >= 0.3 is 0 Å². The number of hydrogen-bond donors (Lipinski definition) is 1. The monoisotopic (exact) mass is 415 g/mol. The number of anilines is 1. The molecule has 0 saturated carbocycles. The normalized spacial score (nSPS) is 11.5. The van der Waals surface area contributed by atoms with Gasteiger partial charge in [-0.1, -0.05) is 22.0 Å². The first kappa shape index (κ1) is 16.2. The maximum absolute atomic E-state index is 5.88. The highest BCUT2D eigenvalue weighted by Gasteiger charge is 2.13. The minimum absolute atomic E-state index is 0.777. The number of benzene rings is 3. The third-order valence-electron chi connectivity index (χ3n) is 5.07. The van der Waals surface area contributed by atoms with Gasteiger partial charge < -0.3 is 14.9 Å². The molecule has 0 aliphatic carbocycles. The molecule has 0 bridgehead atoms. The molecule has 2 N–H and O–H groups in total. The van der Waals surface area contributed by atoms with Gasteiger partial charge in [-0.05, 0) is 73.7 Å².